The number of ether oxygens (including phenoxy) is 2. The topological polar surface area (TPSA) is 81.5 Å². The van der Waals surface area contributed by atoms with Gasteiger partial charge in [-0.05, 0) is 47.9 Å². The number of carbonyl (C=O) groups excluding carboxylic acids is 1. The second-order valence-electron chi connectivity index (χ2n) is 6.40. The molecule has 1 aliphatic rings. The Bertz CT molecular complexity index is 988. The van der Waals surface area contributed by atoms with Gasteiger partial charge in [-0.2, -0.15) is 5.10 Å². The van der Waals surface area contributed by atoms with E-state index in [4.69, 9.17) is 9.47 Å². The summed E-state index contributed by atoms with van der Waals surface area (Å²) >= 11 is 0. The molecular weight excluding hydrogens is 358 g/mol. The van der Waals surface area contributed by atoms with Crippen molar-refractivity contribution in [3.63, 3.8) is 0 Å². The molecule has 144 valence electrons. The van der Waals surface area contributed by atoms with Gasteiger partial charge in [0.1, 0.15) is 0 Å². The van der Waals surface area contributed by atoms with Gasteiger partial charge < -0.3 is 19.7 Å². The van der Waals surface area contributed by atoms with Crippen molar-refractivity contribution in [3.05, 3.63) is 60.0 Å². The predicted octanol–water partition coefficient (Wildman–Crippen LogP) is 2.87. The summed E-state index contributed by atoms with van der Waals surface area (Å²) < 4.78 is 12.4. The Balaban J connectivity index is 1.54. The van der Waals surface area contributed by atoms with Gasteiger partial charge in [-0.3, -0.25) is 0 Å². The number of nitrogens with one attached hydrogen (secondary N) is 1. The highest BCUT2D eigenvalue weighted by atomic mass is 16.5. The first-order valence-corrected chi connectivity index (χ1v) is 8.94. The average Bonchev–Trinajstić information content (AvgIpc) is 3.27. The van der Waals surface area contributed by atoms with E-state index in [1.54, 1.807) is 48.5 Å². The van der Waals surface area contributed by atoms with E-state index in [9.17, 15) is 4.79 Å². The van der Waals surface area contributed by atoms with Gasteiger partial charge in [0.25, 0.3) is 0 Å². The van der Waals surface area contributed by atoms with E-state index in [2.05, 4.69) is 15.4 Å². The third-order valence-electron chi connectivity index (χ3n) is 4.75. The summed E-state index contributed by atoms with van der Waals surface area (Å²) in [5.41, 5.74) is 2.83. The van der Waals surface area contributed by atoms with Crippen LogP contribution >= 0.6 is 0 Å². The molecular formula is C20H21N5O3. The number of rotatable bonds is 4. The molecule has 1 aliphatic heterocycles. The third kappa shape index (κ3) is 3.36. The lowest BCUT2D eigenvalue weighted by molar-refractivity contribution is 0.206. The maximum atomic E-state index is 12.9. The van der Waals surface area contributed by atoms with Gasteiger partial charge >= 0.3 is 6.03 Å². The molecule has 0 saturated heterocycles. The fourth-order valence-electron chi connectivity index (χ4n) is 3.32. The second kappa shape index (κ2) is 7.59. The molecule has 0 spiro atoms. The zero-order valence-electron chi connectivity index (χ0n) is 15.8. The van der Waals surface area contributed by atoms with Gasteiger partial charge in [0, 0.05) is 31.7 Å². The molecule has 2 aromatic heterocycles. The van der Waals surface area contributed by atoms with Gasteiger partial charge in [0.05, 0.1) is 19.9 Å². The van der Waals surface area contributed by atoms with Crippen molar-refractivity contribution in [1.82, 2.24) is 19.7 Å². The Morgan fingerprint density at radius 1 is 1.11 bits per heavy atom. The SMILES string of the molecule is COc1cc2c(cc1OC)CN(C(=O)Nc1cccnc1-n1cccn1)CC2. The minimum Gasteiger partial charge on any atom is -0.493 e. The van der Waals surface area contributed by atoms with Gasteiger partial charge in [-0.15, -0.1) is 0 Å². The predicted molar refractivity (Wildman–Crippen MR) is 104 cm³/mol. The fraction of sp³-hybridized carbons (Fsp3) is 0.250. The minimum atomic E-state index is -0.179. The summed E-state index contributed by atoms with van der Waals surface area (Å²) in [7, 11) is 3.23. The van der Waals surface area contributed by atoms with Crippen LogP contribution in [0.15, 0.2) is 48.9 Å². The summed E-state index contributed by atoms with van der Waals surface area (Å²) in [5.74, 6) is 1.94. The van der Waals surface area contributed by atoms with E-state index in [1.807, 2.05) is 24.3 Å². The number of nitrogens with zero attached hydrogens (tertiary/aromatic N) is 4. The lowest BCUT2D eigenvalue weighted by atomic mass is 9.99. The van der Waals surface area contributed by atoms with E-state index < -0.39 is 0 Å². The Kier molecular flexibility index (Phi) is 4.84. The number of hydrogen-bond acceptors (Lipinski definition) is 5. The van der Waals surface area contributed by atoms with Crippen molar-refractivity contribution in [2.75, 3.05) is 26.1 Å². The highest BCUT2D eigenvalue weighted by Gasteiger charge is 2.23. The molecule has 1 N–H and O–H groups in total. The van der Waals surface area contributed by atoms with Gasteiger partial charge in [-0.25, -0.2) is 14.5 Å². The molecule has 0 bridgehead atoms. The number of hydrogen-bond donors (Lipinski definition) is 1. The molecule has 0 radical (unpaired) electrons. The van der Waals surface area contributed by atoms with Crippen molar-refractivity contribution in [3.8, 4) is 17.3 Å². The van der Waals surface area contributed by atoms with Crippen molar-refractivity contribution in [1.29, 1.82) is 0 Å². The van der Waals surface area contributed by atoms with Gasteiger partial charge in [-0.1, -0.05) is 0 Å². The van der Waals surface area contributed by atoms with Gasteiger partial charge in [0.2, 0.25) is 0 Å². The molecule has 0 aliphatic carbocycles. The second-order valence-corrected chi connectivity index (χ2v) is 6.40. The summed E-state index contributed by atoms with van der Waals surface area (Å²) in [6, 6.07) is 9.15. The van der Waals surface area contributed by atoms with E-state index in [1.165, 1.54) is 5.56 Å². The lowest BCUT2D eigenvalue weighted by Crippen LogP contribution is -2.39. The van der Waals surface area contributed by atoms with Crippen LogP contribution in [0.3, 0.4) is 0 Å². The number of amides is 2. The Hall–Kier alpha value is -3.55. The summed E-state index contributed by atoms with van der Waals surface area (Å²) in [5, 5.41) is 7.15. The zero-order chi connectivity index (χ0) is 19.5. The van der Waals surface area contributed by atoms with Crippen LogP contribution in [0.4, 0.5) is 10.5 Å². The minimum absolute atomic E-state index is 0.179. The average molecular weight is 379 g/mol. The molecule has 8 nitrogen and oxygen atoms in total. The molecule has 1 aromatic carbocycles. The molecule has 0 unspecified atom stereocenters. The molecule has 2 amide bonds. The van der Waals surface area contributed by atoms with E-state index >= 15 is 0 Å². The Labute approximate surface area is 162 Å². The smallest absolute Gasteiger partial charge is 0.322 e. The molecule has 3 heterocycles. The lowest BCUT2D eigenvalue weighted by Gasteiger charge is -2.30. The first-order valence-electron chi connectivity index (χ1n) is 8.94. The standard InChI is InChI=1S/C20H21N5O3/c1-27-17-11-14-6-10-24(13-15(14)12-18(17)28-2)20(26)23-16-5-3-7-21-19(16)25-9-4-8-22-25/h3-5,7-9,11-12H,6,10,13H2,1-2H3,(H,23,26). The number of urea groups is 1. The fourth-order valence-corrected chi connectivity index (χ4v) is 3.32. The van der Waals surface area contributed by atoms with E-state index in [0.29, 0.717) is 36.1 Å². The molecule has 8 heteroatoms. The number of fused-ring (bicyclic) bond motifs is 1. The first kappa shape index (κ1) is 17.8. The molecule has 4 rings (SSSR count). The zero-order valence-corrected chi connectivity index (χ0v) is 15.8. The van der Waals surface area contributed by atoms with Crippen molar-refractivity contribution in [2.45, 2.75) is 13.0 Å². The van der Waals surface area contributed by atoms with E-state index in [0.717, 1.165) is 12.0 Å². The number of benzene rings is 1. The van der Waals surface area contributed by atoms with Crippen molar-refractivity contribution in [2.24, 2.45) is 0 Å². The summed E-state index contributed by atoms with van der Waals surface area (Å²) in [4.78, 5) is 19.0. The number of methoxy groups -OCH3 is 2. The highest BCUT2D eigenvalue weighted by molar-refractivity contribution is 5.91. The largest absolute Gasteiger partial charge is 0.493 e. The van der Waals surface area contributed by atoms with Crippen LogP contribution in [-0.4, -0.2) is 46.5 Å². The number of anilines is 1. The molecule has 0 fully saturated rings. The number of pyridine rings is 1. The van der Waals surface area contributed by atoms with Crippen LogP contribution in [-0.2, 0) is 13.0 Å². The van der Waals surface area contributed by atoms with Crippen LogP contribution in [0.2, 0.25) is 0 Å². The number of carbonyl (C=O) groups is 1. The van der Waals surface area contributed by atoms with Crippen molar-refractivity contribution >= 4 is 11.7 Å². The van der Waals surface area contributed by atoms with Crippen LogP contribution in [0, 0.1) is 0 Å². The third-order valence-corrected chi connectivity index (χ3v) is 4.75. The Morgan fingerprint density at radius 3 is 2.61 bits per heavy atom. The Morgan fingerprint density at radius 2 is 1.89 bits per heavy atom. The molecule has 0 atom stereocenters. The molecule has 3 aromatic rings. The number of aromatic nitrogens is 3. The van der Waals surface area contributed by atoms with Crippen LogP contribution in [0.25, 0.3) is 5.82 Å². The van der Waals surface area contributed by atoms with Gasteiger partial charge in [0.15, 0.2) is 17.3 Å². The molecule has 0 saturated carbocycles. The quantitative estimate of drug-likeness (QED) is 0.754. The van der Waals surface area contributed by atoms with E-state index in [-0.39, 0.29) is 6.03 Å². The van der Waals surface area contributed by atoms with Crippen LogP contribution < -0.4 is 14.8 Å². The highest BCUT2D eigenvalue weighted by Crippen LogP contribution is 2.33. The first-order chi connectivity index (χ1) is 13.7. The van der Waals surface area contributed by atoms with Crippen LogP contribution in [0.5, 0.6) is 11.5 Å². The maximum Gasteiger partial charge on any atom is 0.322 e. The van der Waals surface area contributed by atoms with Crippen LogP contribution in [0.1, 0.15) is 11.1 Å². The van der Waals surface area contributed by atoms with Crippen molar-refractivity contribution < 1.29 is 14.3 Å². The molecule has 28 heavy (non-hydrogen) atoms. The maximum absolute atomic E-state index is 12.9. The summed E-state index contributed by atoms with van der Waals surface area (Å²) in [6.07, 6.45) is 5.88. The summed E-state index contributed by atoms with van der Waals surface area (Å²) in [6.45, 7) is 1.12. The normalized spacial score (nSPS) is 13.0. The monoisotopic (exact) mass is 379 g/mol.